The fraction of sp³-hybridized carbons (Fsp3) is 0.515. The third kappa shape index (κ3) is 6.38. The number of ether oxygens (including phenoxy) is 1. The van der Waals surface area contributed by atoms with Crippen LogP contribution in [0.2, 0.25) is 0 Å². The minimum atomic E-state index is -0.264. The van der Waals surface area contributed by atoms with Crippen molar-refractivity contribution in [3.05, 3.63) is 64.3 Å². The van der Waals surface area contributed by atoms with Gasteiger partial charge in [-0.1, -0.05) is 24.3 Å². The van der Waals surface area contributed by atoms with E-state index in [1.807, 2.05) is 6.92 Å². The summed E-state index contributed by atoms with van der Waals surface area (Å²) < 4.78 is 5.46. The predicted octanol–water partition coefficient (Wildman–Crippen LogP) is 7.60. The molecule has 2 aliphatic carbocycles. The lowest BCUT2D eigenvalue weighted by molar-refractivity contribution is -0.124. The van der Waals surface area contributed by atoms with E-state index in [4.69, 9.17) is 4.74 Å². The van der Waals surface area contributed by atoms with Crippen molar-refractivity contribution in [1.29, 1.82) is 0 Å². The first kappa shape index (κ1) is 27.9. The highest BCUT2D eigenvalue weighted by Gasteiger charge is 2.32. The Kier molecular flexibility index (Phi) is 8.73. The van der Waals surface area contributed by atoms with E-state index in [0.717, 1.165) is 85.6 Å². The lowest BCUT2D eigenvalue weighted by Crippen LogP contribution is -2.41. The molecule has 0 spiro atoms. The Morgan fingerprint density at radius 1 is 1.00 bits per heavy atom. The van der Waals surface area contributed by atoms with Crippen LogP contribution in [0.1, 0.15) is 79.1 Å². The van der Waals surface area contributed by atoms with E-state index < -0.39 is 0 Å². The van der Waals surface area contributed by atoms with Crippen molar-refractivity contribution in [2.24, 2.45) is 11.8 Å². The standard InChI is InChI=1S/C33H42N2O3S/c1-21-18-27(14-17-31(21)38-4)25-10-8-24(9-11-25)20-35(33(37)26-12-15-30(36)16-13-26)29-7-5-6-28(19-29)32-22(2)34-23(3)39-32/h5-7,14,17-19,24-26,30,36H,8-13,15-16,20H2,1-4H3. The minimum Gasteiger partial charge on any atom is -0.496 e. The van der Waals surface area contributed by atoms with Crippen LogP contribution in [0.4, 0.5) is 5.69 Å². The first-order chi connectivity index (χ1) is 18.8. The summed E-state index contributed by atoms with van der Waals surface area (Å²) in [5.41, 5.74) is 5.76. The average Bonchev–Trinajstić information content (AvgIpc) is 3.29. The molecule has 0 saturated heterocycles. The van der Waals surface area contributed by atoms with Gasteiger partial charge >= 0.3 is 0 Å². The molecule has 3 aromatic rings. The summed E-state index contributed by atoms with van der Waals surface area (Å²) in [7, 11) is 1.73. The zero-order valence-electron chi connectivity index (χ0n) is 23.8. The molecule has 0 atom stereocenters. The Balaban J connectivity index is 1.34. The quantitative estimate of drug-likeness (QED) is 0.331. The predicted molar refractivity (Wildman–Crippen MR) is 160 cm³/mol. The fourth-order valence-electron chi connectivity index (χ4n) is 6.57. The summed E-state index contributed by atoms with van der Waals surface area (Å²) in [4.78, 5) is 21.9. The normalized spacial score (nSPS) is 23.4. The minimum absolute atomic E-state index is 0.0111. The second-order valence-corrected chi connectivity index (χ2v) is 12.8. The Morgan fingerprint density at radius 3 is 2.38 bits per heavy atom. The summed E-state index contributed by atoms with van der Waals surface area (Å²) in [5.74, 6) is 2.21. The van der Waals surface area contributed by atoms with E-state index >= 15 is 0 Å². The Labute approximate surface area is 237 Å². The number of carbonyl (C=O) groups excluding carboxylic acids is 1. The molecule has 0 aliphatic heterocycles. The SMILES string of the molecule is COc1ccc(C2CCC(CN(C(=O)C3CCC(O)CC3)c3cccc(-c4sc(C)nc4C)c3)CC2)cc1C. The molecule has 39 heavy (non-hydrogen) atoms. The average molecular weight is 547 g/mol. The van der Waals surface area contributed by atoms with Gasteiger partial charge in [-0.05, 0) is 119 Å². The zero-order valence-corrected chi connectivity index (χ0v) is 24.6. The van der Waals surface area contributed by atoms with Gasteiger partial charge in [0, 0.05) is 18.2 Å². The molecule has 0 bridgehead atoms. The molecule has 5 rings (SSSR count). The van der Waals surface area contributed by atoms with E-state index in [2.05, 4.69) is 66.2 Å². The number of aliphatic hydroxyl groups excluding tert-OH is 1. The van der Waals surface area contributed by atoms with Crippen LogP contribution in [0.3, 0.4) is 0 Å². The molecule has 2 fully saturated rings. The molecule has 0 unspecified atom stereocenters. The van der Waals surface area contributed by atoms with Gasteiger partial charge in [0.15, 0.2) is 0 Å². The van der Waals surface area contributed by atoms with Crippen LogP contribution in [0.15, 0.2) is 42.5 Å². The first-order valence-corrected chi connectivity index (χ1v) is 15.3. The lowest BCUT2D eigenvalue weighted by atomic mass is 9.78. The lowest BCUT2D eigenvalue weighted by Gasteiger charge is -2.36. The van der Waals surface area contributed by atoms with Crippen molar-refractivity contribution in [1.82, 2.24) is 4.98 Å². The fourth-order valence-corrected chi connectivity index (χ4v) is 7.49. The van der Waals surface area contributed by atoms with Gasteiger partial charge in [0.05, 0.1) is 28.8 Å². The van der Waals surface area contributed by atoms with E-state index in [1.54, 1.807) is 18.4 Å². The van der Waals surface area contributed by atoms with Gasteiger partial charge in [-0.25, -0.2) is 4.98 Å². The maximum Gasteiger partial charge on any atom is 0.230 e. The molecule has 1 heterocycles. The van der Waals surface area contributed by atoms with Gasteiger partial charge < -0.3 is 14.7 Å². The van der Waals surface area contributed by atoms with E-state index in [0.29, 0.717) is 11.8 Å². The third-order valence-corrected chi connectivity index (χ3v) is 9.94. The highest BCUT2D eigenvalue weighted by molar-refractivity contribution is 7.15. The number of thiazole rings is 1. The number of aliphatic hydroxyl groups is 1. The molecule has 5 nitrogen and oxygen atoms in total. The summed E-state index contributed by atoms with van der Waals surface area (Å²) in [6.45, 7) is 6.98. The van der Waals surface area contributed by atoms with Gasteiger partial charge in [-0.15, -0.1) is 11.3 Å². The largest absolute Gasteiger partial charge is 0.496 e. The molecule has 6 heteroatoms. The number of hydrogen-bond donors (Lipinski definition) is 1. The van der Waals surface area contributed by atoms with Crippen LogP contribution >= 0.6 is 11.3 Å². The van der Waals surface area contributed by atoms with Gasteiger partial charge in [0.2, 0.25) is 5.91 Å². The number of amides is 1. The van der Waals surface area contributed by atoms with Crippen LogP contribution in [0, 0.1) is 32.6 Å². The summed E-state index contributed by atoms with van der Waals surface area (Å²) in [6, 6.07) is 15.1. The van der Waals surface area contributed by atoms with Crippen LogP contribution in [-0.4, -0.2) is 35.8 Å². The van der Waals surface area contributed by atoms with E-state index in [-0.39, 0.29) is 17.9 Å². The smallest absolute Gasteiger partial charge is 0.230 e. The Hall–Kier alpha value is -2.70. The number of aryl methyl sites for hydroxylation is 3. The number of carbonyl (C=O) groups is 1. The van der Waals surface area contributed by atoms with E-state index in [1.165, 1.54) is 16.0 Å². The molecular weight excluding hydrogens is 504 g/mol. The third-order valence-electron chi connectivity index (χ3n) is 8.81. The van der Waals surface area contributed by atoms with Gasteiger partial charge in [0.25, 0.3) is 0 Å². The van der Waals surface area contributed by atoms with Crippen LogP contribution in [-0.2, 0) is 4.79 Å². The topological polar surface area (TPSA) is 62.7 Å². The zero-order chi connectivity index (χ0) is 27.5. The van der Waals surface area contributed by atoms with Gasteiger partial charge in [0.1, 0.15) is 5.75 Å². The number of benzene rings is 2. The van der Waals surface area contributed by atoms with Crippen LogP contribution in [0.25, 0.3) is 10.4 Å². The second kappa shape index (κ2) is 12.2. The van der Waals surface area contributed by atoms with Crippen molar-refractivity contribution in [3.63, 3.8) is 0 Å². The highest BCUT2D eigenvalue weighted by Crippen LogP contribution is 2.39. The van der Waals surface area contributed by atoms with Gasteiger partial charge in [-0.2, -0.15) is 0 Å². The second-order valence-electron chi connectivity index (χ2n) is 11.6. The number of nitrogens with zero attached hydrogens (tertiary/aromatic N) is 2. The molecule has 2 aromatic carbocycles. The van der Waals surface area contributed by atoms with E-state index in [9.17, 15) is 9.90 Å². The van der Waals surface area contributed by atoms with Crippen molar-refractivity contribution >= 4 is 22.9 Å². The maximum atomic E-state index is 14.0. The molecule has 2 saturated carbocycles. The van der Waals surface area contributed by atoms with Crippen molar-refractivity contribution in [2.75, 3.05) is 18.6 Å². The number of aromatic nitrogens is 1. The number of hydrogen-bond acceptors (Lipinski definition) is 5. The molecule has 1 aromatic heterocycles. The molecule has 1 N–H and O–H groups in total. The maximum absolute atomic E-state index is 14.0. The Bertz CT molecular complexity index is 1290. The molecule has 208 valence electrons. The summed E-state index contributed by atoms with van der Waals surface area (Å²) >= 11 is 1.71. The summed E-state index contributed by atoms with van der Waals surface area (Å²) in [6.07, 6.45) is 7.25. The Morgan fingerprint density at radius 2 is 1.74 bits per heavy atom. The first-order valence-electron chi connectivity index (χ1n) is 14.5. The van der Waals surface area contributed by atoms with Crippen LogP contribution in [0.5, 0.6) is 5.75 Å². The number of anilines is 1. The van der Waals surface area contributed by atoms with Crippen molar-refractivity contribution in [2.45, 2.75) is 84.2 Å². The molecule has 2 aliphatic rings. The molecule has 0 radical (unpaired) electrons. The highest BCUT2D eigenvalue weighted by atomic mass is 32.1. The van der Waals surface area contributed by atoms with Crippen molar-refractivity contribution < 1.29 is 14.6 Å². The monoisotopic (exact) mass is 546 g/mol. The number of methoxy groups -OCH3 is 1. The van der Waals surface area contributed by atoms with Crippen molar-refractivity contribution in [3.8, 4) is 16.2 Å². The van der Waals surface area contributed by atoms with Crippen LogP contribution < -0.4 is 9.64 Å². The molecular formula is C33H42N2O3S. The number of rotatable bonds is 7. The molecule has 1 amide bonds. The summed E-state index contributed by atoms with van der Waals surface area (Å²) in [5, 5.41) is 11.1. The van der Waals surface area contributed by atoms with Gasteiger partial charge in [-0.3, -0.25) is 4.79 Å².